The summed E-state index contributed by atoms with van der Waals surface area (Å²) in [5, 5.41) is 6.29. The van der Waals surface area contributed by atoms with E-state index in [9.17, 15) is 4.79 Å². The van der Waals surface area contributed by atoms with Crippen LogP contribution in [0.15, 0.2) is 24.3 Å². The Morgan fingerprint density at radius 3 is 2.62 bits per heavy atom. The number of carbonyl (C=O) groups is 1. The Labute approximate surface area is 130 Å². The lowest BCUT2D eigenvalue weighted by atomic mass is 10.2. The van der Waals surface area contributed by atoms with Crippen molar-refractivity contribution in [1.82, 2.24) is 10.2 Å². The number of rotatable bonds is 6. The second-order valence-corrected chi connectivity index (χ2v) is 5.49. The molecule has 1 fully saturated rings. The summed E-state index contributed by atoms with van der Waals surface area (Å²) in [6.45, 7) is 5.46. The molecule has 6 heteroatoms. The van der Waals surface area contributed by atoms with Crippen molar-refractivity contribution < 1.29 is 9.53 Å². The number of hydrogen-bond donors (Lipinski definition) is 2. The molecule has 0 aliphatic carbocycles. The molecule has 0 atom stereocenters. The summed E-state index contributed by atoms with van der Waals surface area (Å²) >= 11 is 5.79. The van der Waals surface area contributed by atoms with Crippen LogP contribution in [0, 0.1) is 0 Å². The van der Waals surface area contributed by atoms with E-state index < -0.39 is 0 Å². The van der Waals surface area contributed by atoms with Crippen LogP contribution in [-0.2, 0) is 4.74 Å². The van der Waals surface area contributed by atoms with E-state index in [-0.39, 0.29) is 6.03 Å². The minimum absolute atomic E-state index is 0.177. The van der Waals surface area contributed by atoms with Crippen molar-refractivity contribution in [3.8, 4) is 0 Å². The molecule has 21 heavy (non-hydrogen) atoms. The van der Waals surface area contributed by atoms with Gasteiger partial charge >= 0.3 is 6.03 Å². The molecule has 116 valence electrons. The van der Waals surface area contributed by atoms with Gasteiger partial charge in [-0.1, -0.05) is 11.6 Å². The Balaban J connectivity index is 1.53. The number of anilines is 1. The number of hydrogen-bond acceptors (Lipinski definition) is 3. The molecule has 0 saturated carbocycles. The molecule has 1 aliphatic heterocycles. The first kappa shape index (κ1) is 16.1. The molecule has 0 bridgehead atoms. The summed E-state index contributed by atoms with van der Waals surface area (Å²) in [5.41, 5.74) is 0.741. The lowest BCUT2D eigenvalue weighted by molar-refractivity contribution is 0.0372. The highest BCUT2D eigenvalue weighted by Crippen LogP contribution is 2.13. The minimum Gasteiger partial charge on any atom is -0.379 e. The molecular formula is C15H22ClN3O2. The van der Waals surface area contributed by atoms with E-state index in [1.807, 2.05) is 0 Å². The van der Waals surface area contributed by atoms with Crippen LogP contribution in [0.3, 0.4) is 0 Å². The first-order valence-corrected chi connectivity index (χ1v) is 7.72. The number of carbonyl (C=O) groups excluding carboxylic acids is 1. The average molecular weight is 312 g/mol. The van der Waals surface area contributed by atoms with Gasteiger partial charge in [-0.15, -0.1) is 0 Å². The minimum atomic E-state index is -0.177. The first-order chi connectivity index (χ1) is 10.2. The Hall–Kier alpha value is -1.30. The highest BCUT2D eigenvalue weighted by Gasteiger charge is 2.09. The van der Waals surface area contributed by atoms with Crippen LogP contribution in [0.5, 0.6) is 0 Å². The molecule has 2 N–H and O–H groups in total. The van der Waals surface area contributed by atoms with Crippen LogP contribution >= 0.6 is 11.6 Å². The lowest BCUT2D eigenvalue weighted by Gasteiger charge is -2.26. The number of nitrogens with zero attached hydrogens (tertiary/aromatic N) is 1. The van der Waals surface area contributed by atoms with Gasteiger partial charge in [-0.05, 0) is 43.7 Å². The standard InChI is InChI=1S/C15H22ClN3O2/c16-13-3-5-14(6-4-13)18-15(20)17-7-1-2-8-19-9-11-21-12-10-19/h3-6H,1-2,7-12H2,(H2,17,18,20). The SMILES string of the molecule is O=C(NCCCCN1CCOCC1)Nc1ccc(Cl)cc1. The maximum Gasteiger partial charge on any atom is 0.319 e. The Bertz CT molecular complexity index is 433. The molecule has 1 aromatic rings. The van der Waals surface area contributed by atoms with E-state index in [1.165, 1.54) is 0 Å². The number of nitrogens with one attached hydrogen (secondary N) is 2. The maximum atomic E-state index is 11.7. The number of morpholine rings is 1. The third-order valence-corrected chi connectivity index (χ3v) is 3.64. The predicted molar refractivity (Wildman–Crippen MR) is 85.0 cm³/mol. The van der Waals surface area contributed by atoms with Gasteiger partial charge in [0.15, 0.2) is 0 Å². The molecular weight excluding hydrogens is 290 g/mol. The third-order valence-electron chi connectivity index (χ3n) is 3.39. The predicted octanol–water partition coefficient (Wildman–Crippen LogP) is 2.57. The maximum absolute atomic E-state index is 11.7. The zero-order valence-corrected chi connectivity index (χ0v) is 12.9. The molecule has 0 spiro atoms. The van der Waals surface area contributed by atoms with Crippen LogP contribution in [0.2, 0.25) is 5.02 Å². The quantitative estimate of drug-likeness (QED) is 0.794. The van der Waals surface area contributed by atoms with Gasteiger partial charge in [0, 0.05) is 30.3 Å². The summed E-state index contributed by atoms with van der Waals surface area (Å²) in [6, 6.07) is 6.88. The second kappa shape index (κ2) is 8.87. The van der Waals surface area contributed by atoms with E-state index in [2.05, 4.69) is 15.5 Å². The molecule has 0 aromatic heterocycles. The van der Waals surface area contributed by atoms with Crippen LogP contribution < -0.4 is 10.6 Å². The Morgan fingerprint density at radius 2 is 1.90 bits per heavy atom. The monoisotopic (exact) mass is 311 g/mol. The number of ether oxygens (including phenoxy) is 1. The summed E-state index contributed by atoms with van der Waals surface area (Å²) in [5.74, 6) is 0. The summed E-state index contributed by atoms with van der Waals surface area (Å²) in [7, 11) is 0. The molecule has 1 aliphatic rings. The van der Waals surface area contributed by atoms with Gasteiger partial charge in [0.25, 0.3) is 0 Å². The Kier molecular flexibility index (Phi) is 6.79. The zero-order chi connectivity index (χ0) is 14.9. The van der Waals surface area contributed by atoms with Gasteiger partial charge in [0.2, 0.25) is 0 Å². The van der Waals surface area contributed by atoms with Crippen molar-refractivity contribution >= 4 is 23.3 Å². The van der Waals surface area contributed by atoms with Crippen molar-refractivity contribution in [2.75, 3.05) is 44.7 Å². The van der Waals surface area contributed by atoms with Crippen LogP contribution in [0.1, 0.15) is 12.8 Å². The number of unbranched alkanes of at least 4 members (excludes halogenated alkanes) is 1. The summed E-state index contributed by atoms with van der Waals surface area (Å²) in [6.07, 6.45) is 2.06. The summed E-state index contributed by atoms with van der Waals surface area (Å²) < 4.78 is 5.31. The fourth-order valence-electron chi connectivity index (χ4n) is 2.20. The van der Waals surface area contributed by atoms with Gasteiger partial charge in [-0.2, -0.15) is 0 Å². The number of halogens is 1. The normalized spacial score (nSPS) is 15.7. The van der Waals surface area contributed by atoms with E-state index in [0.29, 0.717) is 11.6 Å². The largest absolute Gasteiger partial charge is 0.379 e. The van der Waals surface area contributed by atoms with Gasteiger partial charge in [-0.3, -0.25) is 4.90 Å². The molecule has 2 amide bonds. The molecule has 0 radical (unpaired) electrons. The highest BCUT2D eigenvalue weighted by molar-refractivity contribution is 6.30. The number of amides is 2. The van der Waals surface area contributed by atoms with Crippen molar-refractivity contribution in [3.05, 3.63) is 29.3 Å². The van der Waals surface area contributed by atoms with E-state index in [1.54, 1.807) is 24.3 Å². The van der Waals surface area contributed by atoms with Crippen LogP contribution in [0.4, 0.5) is 10.5 Å². The smallest absolute Gasteiger partial charge is 0.319 e. The van der Waals surface area contributed by atoms with E-state index in [0.717, 1.165) is 51.4 Å². The lowest BCUT2D eigenvalue weighted by Crippen LogP contribution is -2.37. The molecule has 1 aromatic carbocycles. The fourth-order valence-corrected chi connectivity index (χ4v) is 2.32. The first-order valence-electron chi connectivity index (χ1n) is 7.34. The van der Waals surface area contributed by atoms with Crippen molar-refractivity contribution in [2.24, 2.45) is 0 Å². The van der Waals surface area contributed by atoms with E-state index >= 15 is 0 Å². The topological polar surface area (TPSA) is 53.6 Å². The van der Waals surface area contributed by atoms with Gasteiger partial charge < -0.3 is 15.4 Å². The van der Waals surface area contributed by atoms with E-state index in [4.69, 9.17) is 16.3 Å². The third kappa shape index (κ3) is 6.33. The highest BCUT2D eigenvalue weighted by atomic mass is 35.5. The van der Waals surface area contributed by atoms with Crippen LogP contribution in [-0.4, -0.2) is 50.3 Å². The average Bonchev–Trinajstić information content (AvgIpc) is 2.50. The van der Waals surface area contributed by atoms with Crippen LogP contribution in [0.25, 0.3) is 0 Å². The van der Waals surface area contributed by atoms with Crippen molar-refractivity contribution in [2.45, 2.75) is 12.8 Å². The molecule has 5 nitrogen and oxygen atoms in total. The molecule has 1 saturated heterocycles. The molecule has 0 unspecified atom stereocenters. The fraction of sp³-hybridized carbons (Fsp3) is 0.533. The van der Waals surface area contributed by atoms with Gasteiger partial charge in [-0.25, -0.2) is 4.79 Å². The van der Waals surface area contributed by atoms with Gasteiger partial charge in [0.1, 0.15) is 0 Å². The van der Waals surface area contributed by atoms with Gasteiger partial charge in [0.05, 0.1) is 13.2 Å². The second-order valence-electron chi connectivity index (χ2n) is 5.05. The van der Waals surface area contributed by atoms with Crippen molar-refractivity contribution in [3.63, 3.8) is 0 Å². The Morgan fingerprint density at radius 1 is 1.19 bits per heavy atom. The molecule has 2 rings (SSSR count). The summed E-state index contributed by atoms with van der Waals surface area (Å²) in [4.78, 5) is 14.1. The number of urea groups is 1. The molecule has 1 heterocycles. The number of benzene rings is 1. The zero-order valence-electron chi connectivity index (χ0n) is 12.1. The van der Waals surface area contributed by atoms with Crippen molar-refractivity contribution in [1.29, 1.82) is 0 Å².